The van der Waals surface area contributed by atoms with Crippen molar-refractivity contribution in [2.24, 2.45) is 0 Å². The molecule has 0 N–H and O–H groups in total. The molecule has 0 atom stereocenters. The molecule has 0 saturated heterocycles. The number of carbonyl (C=O) groups excluding carboxylic acids is 2. The molecule has 0 aliphatic heterocycles. The molecule has 1 heterocycles. The van der Waals surface area contributed by atoms with E-state index >= 15 is 0 Å². The van der Waals surface area contributed by atoms with Crippen LogP contribution in [0.25, 0.3) is 5.69 Å². The van der Waals surface area contributed by atoms with E-state index in [1.165, 1.54) is 10.7 Å². The molecule has 3 rings (SSSR count). The molecule has 0 spiro atoms. The van der Waals surface area contributed by atoms with E-state index < -0.39 is 18.0 Å². The number of hydrogen-bond donors (Lipinski definition) is 0. The van der Waals surface area contributed by atoms with Gasteiger partial charge in [-0.05, 0) is 37.4 Å². The van der Waals surface area contributed by atoms with Crippen molar-refractivity contribution in [1.82, 2.24) is 9.78 Å². The Kier molecular flexibility index (Phi) is 6.06. The number of ketones is 1. The minimum absolute atomic E-state index is 0.350. The maximum Gasteiger partial charge on any atom is 0.363 e. The van der Waals surface area contributed by atoms with Crippen LogP contribution >= 0.6 is 11.8 Å². The van der Waals surface area contributed by atoms with Gasteiger partial charge in [-0.15, -0.1) is 11.8 Å². The van der Waals surface area contributed by atoms with E-state index in [2.05, 4.69) is 5.10 Å². The van der Waals surface area contributed by atoms with Gasteiger partial charge in [0.15, 0.2) is 12.4 Å². The van der Waals surface area contributed by atoms with Crippen molar-refractivity contribution in [3.63, 3.8) is 0 Å². The fourth-order valence-electron chi connectivity index (χ4n) is 2.58. The number of aromatic nitrogens is 2. The van der Waals surface area contributed by atoms with Crippen molar-refractivity contribution in [3.8, 4) is 5.69 Å². The van der Waals surface area contributed by atoms with Gasteiger partial charge in [-0.2, -0.15) is 5.10 Å². The molecule has 28 heavy (non-hydrogen) atoms. The van der Waals surface area contributed by atoms with E-state index in [-0.39, 0.29) is 11.5 Å². The topological polar surface area (TPSA) is 78.3 Å². The predicted octanol–water partition coefficient (Wildman–Crippen LogP) is 3.30. The van der Waals surface area contributed by atoms with Gasteiger partial charge in [0.1, 0.15) is 0 Å². The monoisotopic (exact) mass is 394 g/mol. The summed E-state index contributed by atoms with van der Waals surface area (Å²) >= 11 is 1.56. The third-order valence-corrected chi connectivity index (χ3v) is 4.79. The molecule has 0 aliphatic rings. The van der Waals surface area contributed by atoms with Gasteiger partial charge in [0.25, 0.3) is 0 Å². The van der Waals surface area contributed by atoms with Crippen LogP contribution < -0.4 is 5.43 Å². The summed E-state index contributed by atoms with van der Waals surface area (Å²) in [6.45, 7) is 1.26. The largest absolute Gasteiger partial charge is 0.452 e. The van der Waals surface area contributed by atoms with Crippen LogP contribution in [-0.4, -0.2) is 34.4 Å². The van der Waals surface area contributed by atoms with Crippen molar-refractivity contribution in [2.75, 3.05) is 12.9 Å². The van der Waals surface area contributed by atoms with Gasteiger partial charge in [-0.25, -0.2) is 9.48 Å². The summed E-state index contributed by atoms with van der Waals surface area (Å²) in [7, 11) is 0. The van der Waals surface area contributed by atoms with E-state index in [0.29, 0.717) is 16.9 Å². The molecule has 142 valence electrons. The van der Waals surface area contributed by atoms with Crippen LogP contribution in [0.4, 0.5) is 0 Å². The number of ether oxygens (including phenoxy) is 1. The van der Waals surface area contributed by atoms with Crippen molar-refractivity contribution >= 4 is 23.5 Å². The third kappa shape index (κ3) is 4.37. The number of para-hydroxylation sites is 1. The highest BCUT2D eigenvalue weighted by molar-refractivity contribution is 7.98. The molecule has 0 bridgehead atoms. The van der Waals surface area contributed by atoms with Crippen LogP contribution in [0.1, 0.15) is 26.5 Å². The number of benzene rings is 2. The zero-order valence-electron chi connectivity index (χ0n) is 15.4. The number of esters is 1. The predicted molar refractivity (Wildman–Crippen MR) is 107 cm³/mol. The van der Waals surface area contributed by atoms with Gasteiger partial charge < -0.3 is 4.74 Å². The molecule has 0 amide bonds. The average molecular weight is 394 g/mol. The lowest BCUT2D eigenvalue weighted by Gasteiger charge is -2.11. The summed E-state index contributed by atoms with van der Waals surface area (Å²) in [5.41, 5.74) is 0.812. The SMILES string of the molecule is CSc1ccc(C(=O)COC(=O)c2nn(-c3ccccc3)c(C)cc2=O)cc1. The lowest BCUT2D eigenvalue weighted by Crippen LogP contribution is -2.25. The first kappa shape index (κ1) is 19.6. The van der Waals surface area contributed by atoms with Gasteiger partial charge in [0.2, 0.25) is 11.1 Å². The van der Waals surface area contributed by atoms with E-state index in [9.17, 15) is 14.4 Å². The number of thioether (sulfide) groups is 1. The lowest BCUT2D eigenvalue weighted by molar-refractivity contribution is 0.0465. The summed E-state index contributed by atoms with van der Waals surface area (Å²) in [6, 6.07) is 17.4. The second-order valence-corrected chi connectivity index (χ2v) is 6.85. The molecule has 0 radical (unpaired) electrons. The van der Waals surface area contributed by atoms with E-state index in [1.807, 2.05) is 36.6 Å². The number of Topliss-reactive ketones (excluding diaryl/α,β-unsaturated/α-hetero) is 1. The molecular formula is C21H18N2O4S. The molecule has 0 saturated carbocycles. The summed E-state index contributed by atoms with van der Waals surface area (Å²) < 4.78 is 6.53. The van der Waals surface area contributed by atoms with Crippen molar-refractivity contribution < 1.29 is 14.3 Å². The Labute approximate surface area is 166 Å². The summed E-state index contributed by atoms with van der Waals surface area (Å²) in [4.78, 5) is 37.8. The summed E-state index contributed by atoms with van der Waals surface area (Å²) in [6.07, 6.45) is 1.94. The molecule has 1 aromatic heterocycles. The Balaban J connectivity index is 1.77. The Morgan fingerprint density at radius 3 is 2.39 bits per heavy atom. The van der Waals surface area contributed by atoms with Crippen LogP contribution in [0.5, 0.6) is 0 Å². The second kappa shape index (κ2) is 8.67. The molecular weight excluding hydrogens is 376 g/mol. The van der Waals surface area contributed by atoms with Crippen LogP contribution in [-0.2, 0) is 4.74 Å². The molecule has 0 fully saturated rings. The second-order valence-electron chi connectivity index (χ2n) is 5.97. The third-order valence-electron chi connectivity index (χ3n) is 4.05. The number of carbonyl (C=O) groups is 2. The molecule has 7 heteroatoms. The fourth-order valence-corrected chi connectivity index (χ4v) is 2.99. The average Bonchev–Trinajstić information content (AvgIpc) is 2.72. The van der Waals surface area contributed by atoms with Crippen molar-refractivity contribution in [3.05, 3.63) is 87.8 Å². The van der Waals surface area contributed by atoms with Crippen molar-refractivity contribution in [2.45, 2.75) is 11.8 Å². The van der Waals surface area contributed by atoms with E-state index in [1.54, 1.807) is 43.0 Å². The first-order chi connectivity index (χ1) is 13.5. The Hall–Kier alpha value is -3.19. The summed E-state index contributed by atoms with van der Waals surface area (Å²) in [5.74, 6) is -1.28. The Morgan fingerprint density at radius 2 is 1.75 bits per heavy atom. The maximum atomic E-state index is 12.3. The smallest absolute Gasteiger partial charge is 0.363 e. The van der Waals surface area contributed by atoms with Crippen LogP contribution in [0, 0.1) is 6.92 Å². The van der Waals surface area contributed by atoms with Gasteiger partial charge in [0, 0.05) is 22.2 Å². The van der Waals surface area contributed by atoms with Gasteiger partial charge in [0.05, 0.1) is 5.69 Å². The number of aryl methyl sites for hydroxylation is 1. The molecule has 3 aromatic rings. The highest BCUT2D eigenvalue weighted by atomic mass is 32.2. The first-order valence-electron chi connectivity index (χ1n) is 8.50. The molecule has 0 unspecified atom stereocenters. The quantitative estimate of drug-likeness (QED) is 0.363. The van der Waals surface area contributed by atoms with Crippen LogP contribution in [0.2, 0.25) is 0 Å². The Bertz CT molecular complexity index is 1060. The van der Waals surface area contributed by atoms with Crippen LogP contribution in [0.3, 0.4) is 0 Å². The zero-order chi connectivity index (χ0) is 20.1. The highest BCUT2D eigenvalue weighted by Crippen LogP contribution is 2.15. The molecule has 0 aliphatic carbocycles. The first-order valence-corrected chi connectivity index (χ1v) is 9.73. The van der Waals surface area contributed by atoms with Crippen LogP contribution in [0.15, 0.2) is 70.4 Å². The molecule has 2 aromatic carbocycles. The zero-order valence-corrected chi connectivity index (χ0v) is 16.2. The lowest BCUT2D eigenvalue weighted by atomic mass is 10.1. The minimum Gasteiger partial charge on any atom is -0.452 e. The Morgan fingerprint density at radius 1 is 1.07 bits per heavy atom. The molecule has 6 nitrogen and oxygen atoms in total. The van der Waals surface area contributed by atoms with E-state index in [4.69, 9.17) is 4.74 Å². The van der Waals surface area contributed by atoms with Gasteiger partial charge >= 0.3 is 5.97 Å². The normalized spacial score (nSPS) is 10.5. The number of nitrogens with zero attached hydrogens (tertiary/aromatic N) is 2. The maximum absolute atomic E-state index is 12.3. The minimum atomic E-state index is -0.927. The van der Waals surface area contributed by atoms with Gasteiger partial charge in [-0.3, -0.25) is 9.59 Å². The standard InChI is InChI=1S/C21H18N2O4S/c1-14-12-18(24)20(22-23(14)16-6-4-3-5-7-16)21(26)27-13-19(25)15-8-10-17(28-2)11-9-15/h3-12H,13H2,1-2H3. The number of hydrogen-bond acceptors (Lipinski definition) is 6. The fraction of sp³-hybridized carbons (Fsp3) is 0.143. The van der Waals surface area contributed by atoms with Gasteiger partial charge in [-0.1, -0.05) is 30.3 Å². The summed E-state index contributed by atoms with van der Waals surface area (Å²) in [5, 5.41) is 4.13. The van der Waals surface area contributed by atoms with Crippen molar-refractivity contribution in [1.29, 1.82) is 0 Å². The number of rotatable bonds is 6. The highest BCUT2D eigenvalue weighted by Gasteiger charge is 2.18. The van der Waals surface area contributed by atoms with E-state index in [0.717, 1.165) is 4.90 Å².